The molecule has 0 spiro atoms. The summed E-state index contributed by atoms with van der Waals surface area (Å²) in [5.41, 5.74) is 1.46. The average molecular weight is 279 g/mol. The number of carbonyl (C=O) groups excluding carboxylic acids is 1. The van der Waals surface area contributed by atoms with Crippen LogP contribution in [0.1, 0.15) is 64.9 Å². The summed E-state index contributed by atoms with van der Waals surface area (Å²) in [4.78, 5) is 8.89. The van der Waals surface area contributed by atoms with Gasteiger partial charge in [-0.3, -0.25) is 0 Å². The Bertz CT molecular complexity index is 343. The Labute approximate surface area is 123 Å². The smallest absolute Gasteiger partial charge is 0.169 e. The highest BCUT2D eigenvalue weighted by Gasteiger charge is 2.00. The molecular weight excluding hydrogens is 250 g/mol. The summed E-state index contributed by atoms with van der Waals surface area (Å²) < 4.78 is 2.31. The molecule has 1 aromatic heterocycles. The molecule has 1 rings (SSSR count). The van der Waals surface area contributed by atoms with Gasteiger partial charge >= 0.3 is 0 Å². The van der Waals surface area contributed by atoms with E-state index in [1.165, 1.54) is 57.1 Å². The van der Waals surface area contributed by atoms with Crippen molar-refractivity contribution in [3.63, 3.8) is 0 Å². The minimum atomic E-state index is -1.08. The number of unbranched alkanes of at least 4 members (excludes halogenated alkanes) is 4. The number of hydrogen-bond acceptors (Lipinski definition) is 2. The number of pyridine rings is 1. The number of rotatable bonds is 8. The molecule has 1 aromatic rings. The van der Waals surface area contributed by atoms with Crippen LogP contribution in [-0.4, -0.2) is 5.97 Å². The van der Waals surface area contributed by atoms with Gasteiger partial charge in [-0.05, 0) is 25.3 Å². The molecule has 0 unspecified atom stereocenters. The SMILES string of the molecule is CC(=O)[O-].CCCCCCC[n+]1ccc(CCC)cc1. The van der Waals surface area contributed by atoms with Crippen LogP contribution >= 0.6 is 0 Å². The van der Waals surface area contributed by atoms with E-state index in [4.69, 9.17) is 9.90 Å². The van der Waals surface area contributed by atoms with Crippen LogP contribution in [-0.2, 0) is 17.8 Å². The second kappa shape index (κ2) is 12.6. The Morgan fingerprint density at radius 2 is 1.60 bits per heavy atom. The molecule has 0 aliphatic heterocycles. The third kappa shape index (κ3) is 11.7. The van der Waals surface area contributed by atoms with Crippen LogP contribution in [0, 0.1) is 0 Å². The van der Waals surface area contributed by atoms with Gasteiger partial charge in [-0.15, -0.1) is 0 Å². The molecule has 114 valence electrons. The van der Waals surface area contributed by atoms with Crippen LogP contribution < -0.4 is 9.67 Å². The fraction of sp³-hybridized carbons (Fsp3) is 0.647. The van der Waals surface area contributed by atoms with Crippen LogP contribution in [0.4, 0.5) is 0 Å². The summed E-state index contributed by atoms with van der Waals surface area (Å²) in [6.07, 6.45) is 13.7. The van der Waals surface area contributed by atoms with Crippen molar-refractivity contribution >= 4 is 5.97 Å². The fourth-order valence-corrected chi connectivity index (χ4v) is 1.99. The van der Waals surface area contributed by atoms with Gasteiger partial charge in [-0.1, -0.05) is 39.5 Å². The van der Waals surface area contributed by atoms with E-state index in [-0.39, 0.29) is 0 Å². The predicted octanol–water partition coefficient (Wildman–Crippen LogP) is 2.65. The number of aromatic nitrogens is 1. The molecule has 1 heterocycles. The molecule has 0 bridgehead atoms. The lowest BCUT2D eigenvalue weighted by atomic mass is 10.1. The highest BCUT2D eigenvalue weighted by atomic mass is 16.4. The molecule has 0 atom stereocenters. The molecule has 3 nitrogen and oxygen atoms in total. The Hall–Kier alpha value is -1.38. The average Bonchev–Trinajstić information content (AvgIpc) is 2.40. The fourth-order valence-electron chi connectivity index (χ4n) is 1.99. The van der Waals surface area contributed by atoms with E-state index in [1.807, 2.05) is 0 Å². The molecule has 20 heavy (non-hydrogen) atoms. The first-order valence-corrected chi connectivity index (χ1v) is 7.75. The van der Waals surface area contributed by atoms with Gasteiger partial charge in [0.1, 0.15) is 6.54 Å². The minimum absolute atomic E-state index is 0.972. The van der Waals surface area contributed by atoms with E-state index in [0.717, 1.165) is 6.92 Å². The zero-order valence-corrected chi connectivity index (χ0v) is 13.2. The van der Waals surface area contributed by atoms with E-state index < -0.39 is 5.97 Å². The van der Waals surface area contributed by atoms with Crippen molar-refractivity contribution < 1.29 is 14.5 Å². The van der Waals surface area contributed by atoms with Gasteiger partial charge in [0.15, 0.2) is 12.4 Å². The number of carbonyl (C=O) groups is 1. The molecule has 0 aromatic carbocycles. The van der Waals surface area contributed by atoms with Crippen molar-refractivity contribution in [2.75, 3.05) is 0 Å². The summed E-state index contributed by atoms with van der Waals surface area (Å²) in [5.74, 6) is -1.08. The summed E-state index contributed by atoms with van der Waals surface area (Å²) in [5, 5.41) is 8.89. The van der Waals surface area contributed by atoms with Gasteiger partial charge in [-0.25, -0.2) is 4.57 Å². The van der Waals surface area contributed by atoms with Crippen LogP contribution in [0.5, 0.6) is 0 Å². The second-order valence-electron chi connectivity index (χ2n) is 5.10. The zero-order chi connectivity index (χ0) is 15.2. The van der Waals surface area contributed by atoms with Crippen molar-refractivity contribution in [2.24, 2.45) is 0 Å². The van der Waals surface area contributed by atoms with E-state index in [9.17, 15) is 0 Å². The Kier molecular flexibility index (Phi) is 11.8. The van der Waals surface area contributed by atoms with Gasteiger partial charge in [0.05, 0.1) is 0 Å². The number of carboxylic acids is 1. The van der Waals surface area contributed by atoms with Crippen LogP contribution in [0.25, 0.3) is 0 Å². The maximum absolute atomic E-state index is 8.89. The first-order chi connectivity index (χ1) is 9.60. The van der Waals surface area contributed by atoms with Crippen LogP contribution in [0.15, 0.2) is 24.5 Å². The van der Waals surface area contributed by atoms with Gasteiger partial charge in [-0.2, -0.15) is 0 Å². The quantitative estimate of drug-likeness (QED) is 0.542. The summed E-state index contributed by atoms with van der Waals surface area (Å²) in [6, 6.07) is 4.52. The number of aliphatic carboxylic acids is 1. The van der Waals surface area contributed by atoms with Crippen molar-refractivity contribution in [3.8, 4) is 0 Å². The molecule has 0 saturated heterocycles. The minimum Gasteiger partial charge on any atom is -0.550 e. The molecular formula is C17H29NO2. The lowest BCUT2D eigenvalue weighted by Crippen LogP contribution is -2.32. The zero-order valence-electron chi connectivity index (χ0n) is 13.2. The van der Waals surface area contributed by atoms with Crippen molar-refractivity contribution in [3.05, 3.63) is 30.1 Å². The van der Waals surface area contributed by atoms with Crippen LogP contribution in [0.2, 0.25) is 0 Å². The largest absolute Gasteiger partial charge is 0.550 e. The first kappa shape index (κ1) is 18.6. The molecule has 0 radical (unpaired) electrons. The second-order valence-corrected chi connectivity index (χ2v) is 5.10. The molecule has 0 aliphatic carbocycles. The van der Waals surface area contributed by atoms with Gasteiger partial charge in [0.25, 0.3) is 0 Å². The van der Waals surface area contributed by atoms with E-state index in [2.05, 4.69) is 42.9 Å². The normalized spacial score (nSPS) is 9.75. The van der Waals surface area contributed by atoms with Gasteiger partial charge < -0.3 is 9.90 Å². The summed E-state index contributed by atoms with van der Waals surface area (Å²) >= 11 is 0. The lowest BCUT2D eigenvalue weighted by molar-refractivity contribution is -0.697. The summed E-state index contributed by atoms with van der Waals surface area (Å²) in [7, 11) is 0. The van der Waals surface area contributed by atoms with Crippen LogP contribution in [0.3, 0.4) is 0 Å². The van der Waals surface area contributed by atoms with E-state index in [1.54, 1.807) is 0 Å². The van der Waals surface area contributed by atoms with Gasteiger partial charge in [0.2, 0.25) is 0 Å². The number of aryl methyl sites for hydroxylation is 2. The van der Waals surface area contributed by atoms with E-state index >= 15 is 0 Å². The first-order valence-electron chi connectivity index (χ1n) is 7.75. The number of nitrogens with zero attached hydrogens (tertiary/aromatic N) is 1. The molecule has 0 saturated carbocycles. The maximum atomic E-state index is 8.89. The highest BCUT2D eigenvalue weighted by molar-refractivity contribution is 5.60. The predicted molar refractivity (Wildman–Crippen MR) is 80.1 cm³/mol. The molecule has 0 amide bonds. The maximum Gasteiger partial charge on any atom is 0.169 e. The Balaban J connectivity index is 0.000000796. The lowest BCUT2D eigenvalue weighted by Gasteiger charge is -1.99. The molecule has 0 aliphatic rings. The van der Waals surface area contributed by atoms with Gasteiger partial charge in [0, 0.05) is 24.5 Å². The monoisotopic (exact) mass is 279 g/mol. The Morgan fingerprint density at radius 1 is 1.05 bits per heavy atom. The standard InChI is InChI=1S/C15H26N.C2H4O2/c1-3-5-6-7-8-12-16-13-10-15(9-4-2)11-14-16;1-2(3)4/h10-11,13-14H,3-9,12H2,1-2H3;1H3,(H,3,4)/q+1;/p-1. The van der Waals surface area contributed by atoms with Crippen molar-refractivity contribution in [1.82, 2.24) is 0 Å². The molecule has 0 fully saturated rings. The van der Waals surface area contributed by atoms with E-state index in [0.29, 0.717) is 0 Å². The topological polar surface area (TPSA) is 44.0 Å². The third-order valence-corrected chi connectivity index (χ3v) is 3.02. The summed E-state index contributed by atoms with van der Waals surface area (Å²) in [6.45, 7) is 6.64. The number of carboxylic acid groups (broad SMARTS) is 1. The number of hydrogen-bond donors (Lipinski definition) is 0. The molecule has 0 N–H and O–H groups in total. The Morgan fingerprint density at radius 3 is 2.10 bits per heavy atom. The van der Waals surface area contributed by atoms with Crippen molar-refractivity contribution in [1.29, 1.82) is 0 Å². The third-order valence-electron chi connectivity index (χ3n) is 3.02. The highest BCUT2D eigenvalue weighted by Crippen LogP contribution is 2.03. The molecule has 3 heteroatoms. The van der Waals surface area contributed by atoms with Crippen molar-refractivity contribution in [2.45, 2.75) is 72.3 Å².